The van der Waals surface area contributed by atoms with E-state index in [4.69, 9.17) is 5.73 Å². The summed E-state index contributed by atoms with van der Waals surface area (Å²) in [6.45, 7) is 4.47. The van der Waals surface area contributed by atoms with E-state index in [-0.39, 0.29) is 16.8 Å². The number of hydrogen-bond donors (Lipinski definition) is 2. The van der Waals surface area contributed by atoms with E-state index in [1.807, 2.05) is 13.8 Å². The SMILES string of the molecule is CCn1cc(S(=O)(=O)NC(C)C2CC3CCC2C3)c(N)n1. The summed E-state index contributed by atoms with van der Waals surface area (Å²) in [5.74, 6) is 2.02. The molecule has 6 nitrogen and oxygen atoms in total. The van der Waals surface area contributed by atoms with Crippen molar-refractivity contribution in [1.29, 1.82) is 0 Å². The molecule has 3 N–H and O–H groups in total. The van der Waals surface area contributed by atoms with Crippen molar-refractivity contribution in [3.05, 3.63) is 6.20 Å². The summed E-state index contributed by atoms with van der Waals surface area (Å²) in [6.07, 6.45) is 6.49. The average molecular weight is 312 g/mol. The third-order valence-electron chi connectivity index (χ3n) is 5.14. The standard InChI is InChI=1S/C14H24N4O2S/c1-3-18-8-13(14(15)16-18)21(19,20)17-9(2)12-7-10-4-5-11(12)6-10/h8-12,17H,3-7H2,1-2H3,(H2,15,16). The third kappa shape index (κ3) is 2.68. The van der Waals surface area contributed by atoms with Gasteiger partial charge in [0.1, 0.15) is 4.90 Å². The van der Waals surface area contributed by atoms with Gasteiger partial charge < -0.3 is 5.73 Å². The van der Waals surface area contributed by atoms with Gasteiger partial charge in [0.05, 0.1) is 0 Å². The van der Waals surface area contributed by atoms with Gasteiger partial charge in [0.25, 0.3) is 0 Å². The summed E-state index contributed by atoms with van der Waals surface area (Å²) in [6, 6.07) is -0.0466. The van der Waals surface area contributed by atoms with E-state index in [1.54, 1.807) is 4.68 Å². The van der Waals surface area contributed by atoms with Crippen LogP contribution < -0.4 is 10.5 Å². The molecule has 0 radical (unpaired) electrons. The third-order valence-corrected chi connectivity index (χ3v) is 6.72. The van der Waals surface area contributed by atoms with Crippen molar-refractivity contribution in [3.8, 4) is 0 Å². The average Bonchev–Trinajstić information content (AvgIpc) is 3.12. The van der Waals surface area contributed by atoms with E-state index >= 15 is 0 Å². The molecule has 0 aromatic carbocycles. The Kier molecular flexibility index (Phi) is 3.73. The Labute approximate surface area is 126 Å². The monoisotopic (exact) mass is 312 g/mol. The molecular formula is C14H24N4O2S. The number of sulfonamides is 1. The molecule has 4 atom stereocenters. The van der Waals surface area contributed by atoms with Gasteiger partial charge in [0, 0.05) is 18.8 Å². The lowest BCUT2D eigenvalue weighted by atomic mass is 9.84. The molecule has 1 heterocycles. The zero-order valence-electron chi connectivity index (χ0n) is 12.6. The lowest BCUT2D eigenvalue weighted by molar-refractivity contribution is 0.280. The highest BCUT2D eigenvalue weighted by Gasteiger charge is 2.42. The minimum Gasteiger partial charge on any atom is -0.381 e. The molecule has 0 aliphatic heterocycles. The predicted molar refractivity (Wildman–Crippen MR) is 81.0 cm³/mol. The first-order valence-corrected chi connectivity index (χ1v) is 9.24. The number of nitrogens with one attached hydrogen (secondary N) is 1. The second kappa shape index (κ2) is 5.28. The molecule has 0 amide bonds. The smallest absolute Gasteiger partial charge is 0.246 e. The molecule has 2 fully saturated rings. The molecule has 2 aliphatic carbocycles. The number of nitrogens with two attached hydrogens (primary N) is 1. The van der Waals surface area contributed by atoms with Crippen molar-refractivity contribution in [3.63, 3.8) is 0 Å². The second-order valence-electron chi connectivity index (χ2n) is 6.48. The molecule has 0 saturated heterocycles. The highest BCUT2D eigenvalue weighted by atomic mass is 32.2. The van der Waals surface area contributed by atoms with Crippen LogP contribution in [0.5, 0.6) is 0 Å². The Morgan fingerprint density at radius 3 is 2.76 bits per heavy atom. The molecule has 3 rings (SSSR count). The van der Waals surface area contributed by atoms with E-state index in [0.29, 0.717) is 18.4 Å². The lowest BCUT2D eigenvalue weighted by Gasteiger charge is -2.28. The van der Waals surface area contributed by atoms with Gasteiger partial charge >= 0.3 is 0 Å². The first kappa shape index (κ1) is 14.8. The maximum Gasteiger partial charge on any atom is 0.246 e. The van der Waals surface area contributed by atoms with Crippen LogP contribution in [0.1, 0.15) is 39.5 Å². The number of anilines is 1. The van der Waals surface area contributed by atoms with Crippen molar-refractivity contribution in [2.45, 2.75) is 57.0 Å². The fourth-order valence-electron chi connectivity index (χ4n) is 4.09. The van der Waals surface area contributed by atoms with Crippen LogP contribution in [0.25, 0.3) is 0 Å². The van der Waals surface area contributed by atoms with Crippen molar-refractivity contribution < 1.29 is 8.42 Å². The van der Waals surface area contributed by atoms with Crippen LogP contribution in [0.2, 0.25) is 0 Å². The van der Waals surface area contributed by atoms with E-state index in [1.165, 1.54) is 25.5 Å². The molecule has 4 unspecified atom stereocenters. The number of aromatic nitrogens is 2. The molecule has 7 heteroatoms. The Balaban J connectivity index is 1.75. The topological polar surface area (TPSA) is 90.0 Å². The van der Waals surface area contributed by atoms with Crippen LogP contribution in [-0.4, -0.2) is 24.2 Å². The summed E-state index contributed by atoms with van der Waals surface area (Å²) in [5.41, 5.74) is 5.74. The summed E-state index contributed by atoms with van der Waals surface area (Å²) < 4.78 is 29.4. The number of fused-ring (bicyclic) bond motifs is 2. The van der Waals surface area contributed by atoms with Gasteiger partial charge in [-0.1, -0.05) is 6.42 Å². The van der Waals surface area contributed by atoms with Gasteiger partial charge in [-0.15, -0.1) is 0 Å². The van der Waals surface area contributed by atoms with Crippen LogP contribution in [0.15, 0.2) is 11.1 Å². The number of rotatable bonds is 5. The summed E-state index contributed by atoms with van der Waals surface area (Å²) in [4.78, 5) is 0.0966. The first-order chi connectivity index (χ1) is 9.90. The largest absolute Gasteiger partial charge is 0.381 e. The lowest BCUT2D eigenvalue weighted by Crippen LogP contribution is -2.40. The maximum atomic E-state index is 12.5. The fourth-order valence-corrected chi connectivity index (χ4v) is 5.46. The van der Waals surface area contributed by atoms with Crippen molar-refractivity contribution >= 4 is 15.8 Å². The molecule has 1 aromatic rings. The van der Waals surface area contributed by atoms with Crippen LogP contribution in [0.3, 0.4) is 0 Å². The Hall–Kier alpha value is -1.08. The zero-order chi connectivity index (χ0) is 15.2. The van der Waals surface area contributed by atoms with Crippen LogP contribution >= 0.6 is 0 Å². The van der Waals surface area contributed by atoms with E-state index in [9.17, 15) is 8.42 Å². The van der Waals surface area contributed by atoms with Gasteiger partial charge in [-0.25, -0.2) is 13.1 Å². The summed E-state index contributed by atoms with van der Waals surface area (Å²) >= 11 is 0. The quantitative estimate of drug-likeness (QED) is 0.864. The molecule has 2 saturated carbocycles. The summed E-state index contributed by atoms with van der Waals surface area (Å²) in [5, 5.41) is 4.01. The normalized spacial score (nSPS) is 29.9. The Bertz CT molecular complexity index is 625. The highest BCUT2D eigenvalue weighted by Crippen LogP contribution is 2.49. The molecule has 118 valence electrons. The van der Waals surface area contributed by atoms with Crippen LogP contribution in [0, 0.1) is 17.8 Å². The van der Waals surface area contributed by atoms with Gasteiger partial charge in [-0.05, 0) is 50.9 Å². The number of nitrogens with zero attached hydrogens (tertiary/aromatic N) is 2. The Morgan fingerprint density at radius 2 is 2.24 bits per heavy atom. The van der Waals surface area contributed by atoms with E-state index < -0.39 is 10.0 Å². The van der Waals surface area contributed by atoms with Crippen LogP contribution in [0.4, 0.5) is 5.82 Å². The molecule has 2 aliphatic rings. The summed E-state index contributed by atoms with van der Waals surface area (Å²) in [7, 11) is -3.59. The fraction of sp³-hybridized carbons (Fsp3) is 0.786. The van der Waals surface area contributed by atoms with Crippen molar-refractivity contribution in [1.82, 2.24) is 14.5 Å². The first-order valence-electron chi connectivity index (χ1n) is 7.76. The van der Waals surface area contributed by atoms with Gasteiger partial charge in [-0.2, -0.15) is 5.10 Å². The van der Waals surface area contributed by atoms with Gasteiger partial charge in [0.15, 0.2) is 5.82 Å². The number of aryl methyl sites for hydroxylation is 1. The van der Waals surface area contributed by atoms with E-state index in [0.717, 1.165) is 12.3 Å². The highest BCUT2D eigenvalue weighted by molar-refractivity contribution is 7.89. The molecule has 2 bridgehead atoms. The molecule has 1 aromatic heterocycles. The Morgan fingerprint density at radius 1 is 1.48 bits per heavy atom. The van der Waals surface area contributed by atoms with Gasteiger partial charge in [0.2, 0.25) is 10.0 Å². The molecular weight excluding hydrogens is 288 g/mol. The predicted octanol–water partition coefficient (Wildman–Crippen LogP) is 1.59. The number of nitrogen functional groups attached to an aromatic ring is 1. The minimum atomic E-state index is -3.59. The van der Waals surface area contributed by atoms with Crippen molar-refractivity contribution in [2.24, 2.45) is 17.8 Å². The minimum absolute atomic E-state index is 0.0466. The second-order valence-corrected chi connectivity index (χ2v) is 8.17. The molecule has 0 spiro atoms. The zero-order valence-corrected chi connectivity index (χ0v) is 13.4. The maximum absolute atomic E-state index is 12.5. The van der Waals surface area contributed by atoms with Crippen LogP contribution in [-0.2, 0) is 16.6 Å². The van der Waals surface area contributed by atoms with Gasteiger partial charge in [-0.3, -0.25) is 4.68 Å². The van der Waals surface area contributed by atoms with Crippen molar-refractivity contribution in [2.75, 3.05) is 5.73 Å². The van der Waals surface area contributed by atoms with E-state index in [2.05, 4.69) is 9.82 Å². The molecule has 21 heavy (non-hydrogen) atoms. The number of hydrogen-bond acceptors (Lipinski definition) is 4.